The summed E-state index contributed by atoms with van der Waals surface area (Å²) in [6, 6.07) is 6.90. The van der Waals surface area contributed by atoms with Crippen LogP contribution in [0.25, 0.3) is 0 Å². The second-order valence-corrected chi connectivity index (χ2v) is 5.51. The van der Waals surface area contributed by atoms with Crippen molar-refractivity contribution >= 4 is 5.69 Å². The van der Waals surface area contributed by atoms with Crippen molar-refractivity contribution in [2.24, 2.45) is 5.92 Å². The van der Waals surface area contributed by atoms with Gasteiger partial charge in [-0.3, -0.25) is 4.90 Å². The van der Waals surface area contributed by atoms with Gasteiger partial charge in [0.1, 0.15) is 0 Å². The average molecular weight is 246 g/mol. The minimum absolute atomic E-state index is 0.793. The standard InChI is InChI=1S/C16H26N2/c1-4-13(3)11-18(5-2)12-14-6-7-16-15(10-14)8-9-17-16/h6-7,10,13,17H,4-5,8-9,11-12H2,1-3H3. The molecule has 0 bridgehead atoms. The third kappa shape index (κ3) is 3.26. The van der Waals surface area contributed by atoms with Gasteiger partial charge in [-0.15, -0.1) is 0 Å². The summed E-state index contributed by atoms with van der Waals surface area (Å²) < 4.78 is 0. The summed E-state index contributed by atoms with van der Waals surface area (Å²) in [7, 11) is 0. The SMILES string of the molecule is CCC(C)CN(CC)Cc1ccc2c(c1)CCN2. The fourth-order valence-corrected chi connectivity index (χ4v) is 2.59. The summed E-state index contributed by atoms with van der Waals surface area (Å²) in [4.78, 5) is 2.55. The molecular weight excluding hydrogens is 220 g/mol. The maximum atomic E-state index is 3.42. The topological polar surface area (TPSA) is 15.3 Å². The Morgan fingerprint density at radius 1 is 1.33 bits per heavy atom. The number of hydrogen-bond donors (Lipinski definition) is 1. The van der Waals surface area contributed by atoms with Crippen LogP contribution in [0, 0.1) is 5.92 Å². The van der Waals surface area contributed by atoms with Gasteiger partial charge in [0, 0.05) is 25.3 Å². The highest BCUT2D eigenvalue weighted by molar-refractivity contribution is 5.56. The minimum Gasteiger partial charge on any atom is -0.384 e. The van der Waals surface area contributed by atoms with Gasteiger partial charge in [0.05, 0.1) is 0 Å². The molecular formula is C16H26N2. The van der Waals surface area contributed by atoms with Crippen molar-refractivity contribution in [3.05, 3.63) is 29.3 Å². The molecule has 1 N–H and O–H groups in total. The van der Waals surface area contributed by atoms with E-state index in [0.717, 1.165) is 25.6 Å². The van der Waals surface area contributed by atoms with Crippen molar-refractivity contribution < 1.29 is 0 Å². The molecule has 0 radical (unpaired) electrons. The molecule has 1 unspecified atom stereocenters. The Bertz CT molecular complexity index is 387. The van der Waals surface area contributed by atoms with E-state index in [-0.39, 0.29) is 0 Å². The Morgan fingerprint density at radius 3 is 2.89 bits per heavy atom. The van der Waals surface area contributed by atoms with Crippen molar-refractivity contribution in [3.8, 4) is 0 Å². The second kappa shape index (κ2) is 6.24. The van der Waals surface area contributed by atoms with Crippen LogP contribution in [0.1, 0.15) is 38.3 Å². The predicted molar refractivity (Wildman–Crippen MR) is 79.0 cm³/mol. The third-order valence-electron chi connectivity index (χ3n) is 4.00. The summed E-state index contributed by atoms with van der Waals surface area (Å²) >= 11 is 0. The summed E-state index contributed by atoms with van der Waals surface area (Å²) in [6.45, 7) is 11.4. The van der Waals surface area contributed by atoms with Crippen LogP contribution < -0.4 is 5.32 Å². The Hall–Kier alpha value is -1.02. The molecule has 1 heterocycles. The molecule has 0 amide bonds. The van der Waals surface area contributed by atoms with Gasteiger partial charge in [0.25, 0.3) is 0 Å². The molecule has 2 rings (SSSR count). The van der Waals surface area contributed by atoms with Crippen LogP contribution in [0.15, 0.2) is 18.2 Å². The summed E-state index contributed by atoms with van der Waals surface area (Å²) in [5.74, 6) is 0.793. The molecule has 0 saturated carbocycles. The van der Waals surface area contributed by atoms with Gasteiger partial charge in [-0.1, -0.05) is 39.3 Å². The quantitative estimate of drug-likeness (QED) is 0.826. The van der Waals surface area contributed by atoms with Crippen molar-refractivity contribution in [2.75, 3.05) is 25.0 Å². The van der Waals surface area contributed by atoms with Crippen molar-refractivity contribution in [3.63, 3.8) is 0 Å². The molecule has 1 atom stereocenters. The van der Waals surface area contributed by atoms with E-state index in [4.69, 9.17) is 0 Å². The summed E-state index contributed by atoms with van der Waals surface area (Å²) in [5, 5.41) is 3.42. The second-order valence-electron chi connectivity index (χ2n) is 5.51. The average Bonchev–Trinajstić information content (AvgIpc) is 2.85. The lowest BCUT2D eigenvalue weighted by Gasteiger charge is -2.24. The molecule has 2 heteroatoms. The smallest absolute Gasteiger partial charge is 0.0373 e. The first-order valence-corrected chi connectivity index (χ1v) is 7.31. The number of benzene rings is 1. The normalized spacial score (nSPS) is 15.6. The van der Waals surface area contributed by atoms with Crippen molar-refractivity contribution in [2.45, 2.75) is 40.2 Å². The van der Waals surface area contributed by atoms with E-state index >= 15 is 0 Å². The van der Waals surface area contributed by atoms with Gasteiger partial charge in [0.2, 0.25) is 0 Å². The van der Waals surface area contributed by atoms with E-state index in [1.807, 2.05) is 0 Å². The van der Waals surface area contributed by atoms with E-state index in [9.17, 15) is 0 Å². The van der Waals surface area contributed by atoms with Crippen LogP contribution in [0.5, 0.6) is 0 Å². The lowest BCUT2D eigenvalue weighted by atomic mass is 10.1. The van der Waals surface area contributed by atoms with E-state index < -0.39 is 0 Å². The van der Waals surface area contributed by atoms with E-state index in [2.05, 4.69) is 49.2 Å². The van der Waals surface area contributed by atoms with Gasteiger partial charge in [-0.2, -0.15) is 0 Å². The first kappa shape index (κ1) is 13.4. The summed E-state index contributed by atoms with van der Waals surface area (Å²) in [6.07, 6.45) is 2.45. The van der Waals surface area contributed by atoms with E-state index in [1.54, 1.807) is 0 Å². The van der Waals surface area contributed by atoms with Gasteiger partial charge >= 0.3 is 0 Å². The molecule has 1 aliphatic heterocycles. The highest BCUT2D eigenvalue weighted by Crippen LogP contribution is 2.23. The Kier molecular flexibility index (Phi) is 4.65. The van der Waals surface area contributed by atoms with Crippen LogP contribution in [0.3, 0.4) is 0 Å². The Morgan fingerprint density at radius 2 is 2.17 bits per heavy atom. The van der Waals surface area contributed by atoms with Crippen molar-refractivity contribution in [1.82, 2.24) is 4.90 Å². The fraction of sp³-hybridized carbons (Fsp3) is 0.625. The molecule has 100 valence electrons. The molecule has 1 aliphatic rings. The molecule has 0 aromatic heterocycles. The van der Waals surface area contributed by atoms with Crippen LogP contribution >= 0.6 is 0 Å². The van der Waals surface area contributed by atoms with E-state index in [0.29, 0.717) is 0 Å². The molecule has 2 nitrogen and oxygen atoms in total. The van der Waals surface area contributed by atoms with Gasteiger partial charge in [0.15, 0.2) is 0 Å². The molecule has 1 aromatic carbocycles. The Labute approximate surface area is 111 Å². The highest BCUT2D eigenvalue weighted by atomic mass is 15.1. The van der Waals surface area contributed by atoms with Crippen LogP contribution in [0.4, 0.5) is 5.69 Å². The molecule has 0 fully saturated rings. The van der Waals surface area contributed by atoms with Gasteiger partial charge < -0.3 is 5.32 Å². The first-order valence-electron chi connectivity index (χ1n) is 7.31. The monoisotopic (exact) mass is 246 g/mol. The number of anilines is 1. The number of rotatable bonds is 6. The van der Waals surface area contributed by atoms with Crippen LogP contribution in [0.2, 0.25) is 0 Å². The highest BCUT2D eigenvalue weighted by Gasteiger charge is 2.12. The molecule has 1 aromatic rings. The zero-order valence-electron chi connectivity index (χ0n) is 12.0. The first-order chi connectivity index (χ1) is 8.72. The number of hydrogen-bond acceptors (Lipinski definition) is 2. The summed E-state index contributed by atoms with van der Waals surface area (Å²) in [5.41, 5.74) is 4.29. The predicted octanol–water partition coefficient (Wildman–Crippen LogP) is 3.52. The van der Waals surface area contributed by atoms with Crippen molar-refractivity contribution in [1.29, 1.82) is 0 Å². The Balaban J connectivity index is 1.98. The number of fused-ring (bicyclic) bond motifs is 1. The molecule has 18 heavy (non-hydrogen) atoms. The van der Waals surface area contributed by atoms with Crippen LogP contribution in [-0.4, -0.2) is 24.5 Å². The van der Waals surface area contributed by atoms with Gasteiger partial charge in [-0.05, 0) is 36.1 Å². The zero-order chi connectivity index (χ0) is 13.0. The van der Waals surface area contributed by atoms with Gasteiger partial charge in [-0.25, -0.2) is 0 Å². The fourth-order valence-electron chi connectivity index (χ4n) is 2.59. The molecule has 0 saturated heterocycles. The zero-order valence-corrected chi connectivity index (χ0v) is 12.0. The molecule has 0 aliphatic carbocycles. The minimum atomic E-state index is 0.793. The third-order valence-corrected chi connectivity index (χ3v) is 4.00. The lowest BCUT2D eigenvalue weighted by Crippen LogP contribution is -2.27. The number of nitrogens with one attached hydrogen (secondary N) is 1. The molecule has 0 spiro atoms. The maximum Gasteiger partial charge on any atom is 0.0373 e. The van der Waals surface area contributed by atoms with E-state index in [1.165, 1.54) is 36.2 Å². The maximum absolute atomic E-state index is 3.42. The largest absolute Gasteiger partial charge is 0.384 e. The van der Waals surface area contributed by atoms with Crippen LogP contribution in [-0.2, 0) is 13.0 Å². The lowest BCUT2D eigenvalue weighted by molar-refractivity contribution is 0.238. The number of nitrogens with zero attached hydrogens (tertiary/aromatic N) is 1.